The quantitative estimate of drug-likeness (QED) is 0.809. The Kier molecular flexibility index (Phi) is 3.61. The summed E-state index contributed by atoms with van der Waals surface area (Å²) < 4.78 is 52.9. The van der Waals surface area contributed by atoms with Crippen molar-refractivity contribution in [3.63, 3.8) is 0 Å². The fourth-order valence-electron chi connectivity index (χ4n) is 1.81. The molecule has 0 aliphatic rings. The van der Waals surface area contributed by atoms with Gasteiger partial charge in [0.15, 0.2) is 0 Å². The molecule has 2 aromatic rings. The number of furan rings is 1. The van der Waals surface area contributed by atoms with E-state index in [1.165, 1.54) is 13.2 Å². The Morgan fingerprint density at radius 3 is 2.60 bits per heavy atom. The first-order chi connectivity index (χ1) is 9.38. The number of carbonyl (C=O) groups is 1. The number of ether oxygens (including phenoxy) is 2. The number of hydrogen-bond donors (Lipinski definition) is 0. The van der Waals surface area contributed by atoms with E-state index in [0.717, 1.165) is 6.07 Å². The van der Waals surface area contributed by atoms with Crippen molar-refractivity contribution in [1.29, 1.82) is 0 Å². The molecule has 2 rings (SSSR count). The summed E-state index contributed by atoms with van der Waals surface area (Å²) in [4.78, 5) is 11.7. The molecule has 1 heterocycles. The van der Waals surface area contributed by atoms with Crippen LogP contribution in [0.5, 0.6) is 5.75 Å². The van der Waals surface area contributed by atoms with Gasteiger partial charge < -0.3 is 13.9 Å². The van der Waals surface area contributed by atoms with Gasteiger partial charge in [0.25, 0.3) is 0 Å². The summed E-state index contributed by atoms with van der Waals surface area (Å²) >= 11 is 0. The molecule has 0 saturated heterocycles. The first-order valence-electron chi connectivity index (χ1n) is 5.72. The molecular weight excluding hydrogens is 277 g/mol. The van der Waals surface area contributed by atoms with Crippen LogP contribution in [-0.4, -0.2) is 19.7 Å². The number of alkyl halides is 3. The number of halogens is 3. The predicted molar refractivity (Wildman–Crippen MR) is 63.7 cm³/mol. The van der Waals surface area contributed by atoms with Crippen LogP contribution in [0, 0.1) is 0 Å². The maximum atomic E-state index is 12.8. The Morgan fingerprint density at radius 1 is 1.35 bits per heavy atom. The van der Waals surface area contributed by atoms with E-state index in [1.807, 2.05) is 0 Å². The molecule has 4 nitrogen and oxygen atoms in total. The lowest BCUT2D eigenvalue weighted by atomic mass is 10.1. The van der Waals surface area contributed by atoms with Crippen molar-refractivity contribution >= 4 is 16.9 Å². The zero-order chi connectivity index (χ0) is 14.9. The van der Waals surface area contributed by atoms with Crippen molar-refractivity contribution in [3.05, 3.63) is 29.5 Å². The number of hydrogen-bond acceptors (Lipinski definition) is 4. The van der Waals surface area contributed by atoms with Gasteiger partial charge in [0.2, 0.25) is 0 Å². The van der Waals surface area contributed by atoms with Gasteiger partial charge in [-0.2, -0.15) is 13.2 Å². The number of benzene rings is 1. The third-order valence-corrected chi connectivity index (χ3v) is 2.70. The van der Waals surface area contributed by atoms with Gasteiger partial charge in [0.1, 0.15) is 28.7 Å². The van der Waals surface area contributed by atoms with Crippen LogP contribution < -0.4 is 4.74 Å². The van der Waals surface area contributed by atoms with Crippen LogP contribution in [-0.2, 0) is 10.9 Å². The lowest BCUT2D eigenvalue weighted by molar-refractivity contribution is -0.136. The van der Waals surface area contributed by atoms with Gasteiger partial charge in [0, 0.05) is 5.39 Å². The second-order valence-corrected chi connectivity index (χ2v) is 3.92. The van der Waals surface area contributed by atoms with Crippen LogP contribution in [0.3, 0.4) is 0 Å². The minimum absolute atomic E-state index is 0.00264. The van der Waals surface area contributed by atoms with Gasteiger partial charge >= 0.3 is 12.1 Å². The van der Waals surface area contributed by atoms with Crippen LogP contribution in [0.4, 0.5) is 13.2 Å². The molecule has 1 aromatic heterocycles. The maximum absolute atomic E-state index is 12.8. The van der Waals surface area contributed by atoms with E-state index in [1.54, 1.807) is 6.92 Å². The second kappa shape index (κ2) is 5.07. The van der Waals surface area contributed by atoms with E-state index in [9.17, 15) is 18.0 Å². The van der Waals surface area contributed by atoms with Crippen LogP contribution in [0.15, 0.2) is 22.8 Å². The Bertz CT molecular complexity index is 643. The summed E-state index contributed by atoms with van der Waals surface area (Å²) in [7, 11) is 1.26. The number of rotatable bonds is 3. The van der Waals surface area contributed by atoms with E-state index < -0.39 is 17.7 Å². The van der Waals surface area contributed by atoms with Gasteiger partial charge in [-0.05, 0) is 19.1 Å². The van der Waals surface area contributed by atoms with Gasteiger partial charge in [-0.1, -0.05) is 0 Å². The van der Waals surface area contributed by atoms with E-state index in [0.29, 0.717) is 6.26 Å². The van der Waals surface area contributed by atoms with E-state index in [4.69, 9.17) is 13.9 Å². The molecule has 0 aliphatic heterocycles. The van der Waals surface area contributed by atoms with Crippen molar-refractivity contribution in [2.75, 3.05) is 13.7 Å². The minimum atomic E-state index is -4.54. The highest BCUT2D eigenvalue weighted by atomic mass is 19.4. The zero-order valence-corrected chi connectivity index (χ0v) is 10.7. The van der Waals surface area contributed by atoms with Crippen molar-refractivity contribution in [2.24, 2.45) is 0 Å². The molecule has 108 valence electrons. The smallest absolute Gasteiger partial charge is 0.420 e. The molecule has 0 N–H and O–H groups in total. The summed E-state index contributed by atoms with van der Waals surface area (Å²) in [5.41, 5.74) is -0.952. The number of carbonyl (C=O) groups excluding carboxylic acids is 1. The number of methoxy groups -OCH3 is 1. The maximum Gasteiger partial charge on any atom is 0.420 e. The Labute approximate surface area is 112 Å². The molecule has 20 heavy (non-hydrogen) atoms. The summed E-state index contributed by atoms with van der Waals surface area (Å²) in [6, 6.07) is 2.30. The summed E-state index contributed by atoms with van der Waals surface area (Å²) in [6.45, 7) is 1.77. The molecule has 0 bridgehead atoms. The topological polar surface area (TPSA) is 48.7 Å². The number of fused-ring (bicyclic) bond motifs is 1. The third-order valence-electron chi connectivity index (χ3n) is 2.70. The first kappa shape index (κ1) is 14.2. The number of esters is 1. The van der Waals surface area contributed by atoms with Gasteiger partial charge in [-0.25, -0.2) is 4.79 Å². The van der Waals surface area contributed by atoms with E-state index >= 15 is 0 Å². The van der Waals surface area contributed by atoms with E-state index in [-0.39, 0.29) is 28.9 Å². The van der Waals surface area contributed by atoms with Gasteiger partial charge in [-0.3, -0.25) is 0 Å². The molecule has 0 atom stereocenters. The summed E-state index contributed by atoms with van der Waals surface area (Å²) in [6.07, 6.45) is -3.93. The highest BCUT2D eigenvalue weighted by Gasteiger charge is 2.35. The van der Waals surface area contributed by atoms with E-state index in [2.05, 4.69) is 0 Å². The average molecular weight is 288 g/mol. The lowest BCUT2D eigenvalue weighted by Crippen LogP contribution is -2.07. The molecule has 7 heteroatoms. The molecule has 0 saturated carbocycles. The molecule has 0 spiro atoms. The van der Waals surface area contributed by atoms with Crippen molar-refractivity contribution in [3.8, 4) is 5.75 Å². The largest absolute Gasteiger partial charge is 0.496 e. The first-order valence-corrected chi connectivity index (χ1v) is 5.72. The summed E-state index contributed by atoms with van der Waals surface area (Å²) in [5.74, 6) is -0.681. The van der Waals surface area contributed by atoms with Crippen LogP contribution in [0.25, 0.3) is 11.0 Å². The molecule has 0 aliphatic carbocycles. The zero-order valence-electron chi connectivity index (χ0n) is 10.7. The fourth-order valence-corrected chi connectivity index (χ4v) is 1.81. The Hall–Kier alpha value is -2.18. The van der Waals surface area contributed by atoms with Crippen molar-refractivity contribution in [2.45, 2.75) is 13.1 Å². The molecule has 1 aromatic carbocycles. The lowest BCUT2D eigenvalue weighted by Gasteiger charge is -2.09. The fraction of sp³-hybridized carbons (Fsp3) is 0.308. The average Bonchev–Trinajstić information content (AvgIpc) is 2.79. The van der Waals surface area contributed by atoms with Crippen LogP contribution in [0.1, 0.15) is 22.8 Å². The Morgan fingerprint density at radius 2 is 2.05 bits per heavy atom. The Balaban J connectivity index is 2.62. The van der Waals surface area contributed by atoms with Crippen LogP contribution in [0.2, 0.25) is 0 Å². The predicted octanol–water partition coefficient (Wildman–Crippen LogP) is 3.64. The molecule has 0 fully saturated rings. The summed E-state index contributed by atoms with van der Waals surface area (Å²) in [5, 5.41) is -0.164. The van der Waals surface area contributed by atoms with Crippen molar-refractivity contribution < 1.29 is 31.9 Å². The highest BCUT2D eigenvalue weighted by Crippen LogP contribution is 2.38. The molecule has 0 unspecified atom stereocenters. The molecule has 0 radical (unpaired) electrons. The standard InChI is InChI=1S/C13H11F3O4/c1-3-19-12(17)8-5-11-7(4-10(8)18-2)9(6-20-11)13(14,15)16/h4-6H,3H2,1-2H3. The van der Waals surface area contributed by atoms with Crippen molar-refractivity contribution in [1.82, 2.24) is 0 Å². The highest BCUT2D eigenvalue weighted by molar-refractivity contribution is 5.98. The van der Waals surface area contributed by atoms with Gasteiger partial charge in [-0.15, -0.1) is 0 Å². The monoisotopic (exact) mass is 288 g/mol. The minimum Gasteiger partial charge on any atom is -0.496 e. The second-order valence-electron chi connectivity index (χ2n) is 3.92. The van der Waals surface area contributed by atoms with Gasteiger partial charge in [0.05, 0.1) is 13.7 Å². The SMILES string of the molecule is CCOC(=O)c1cc2occ(C(F)(F)F)c2cc1OC. The third kappa shape index (κ3) is 2.43. The molecular formula is C13H11F3O4. The normalized spacial score (nSPS) is 11.7. The molecule has 0 amide bonds. The van der Waals surface area contributed by atoms with Crippen LogP contribution >= 0.6 is 0 Å².